The van der Waals surface area contributed by atoms with E-state index in [0.717, 1.165) is 43.0 Å². The Morgan fingerprint density at radius 3 is 3.00 bits per heavy atom. The molecular formula is C16H25N3O. The summed E-state index contributed by atoms with van der Waals surface area (Å²) in [6.45, 7) is 6.26. The molecule has 1 aromatic heterocycles. The summed E-state index contributed by atoms with van der Waals surface area (Å²) >= 11 is 0. The van der Waals surface area contributed by atoms with Crippen molar-refractivity contribution in [3.05, 3.63) is 23.5 Å². The van der Waals surface area contributed by atoms with Gasteiger partial charge in [-0.25, -0.2) is 0 Å². The summed E-state index contributed by atoms with van der Waals surface area (Å²) in [7, 11) is 2.26. The molecule has 0 bridgehead atoms. The second-order valence-electron chi connectivity index (χ2n) is 6.39. The van der Waals surface area contributed by atoms with E-state index in [4.69, 9.17) is 0 Å². The third kappa shape index (κ3) is 2.81. The number of hydrogen-bond donors (Lipinski definition) is 1. The molecule has 0 aliphatic carbocycles. The van der Waals surface area contributed by atoms with Crippen LogP contribution in [0.15, 0.2) is 12.1 Å². The van der Waals surface area contributed by atoms with E-state index in [0.29, 0.717) is 5.75 Å². The van der Waals surface area contributed by atoms with E-state index >= 15 is 0 Å². The van der Waals surface area contributed by atoms with Crippen LogP contribution in [0, 0.1) is 12.8 Å². The molecule has 4 nitrogen and oxygen atoms in total. The van der Waals surface area contributed by atoms with Gasteiger partial charge in [0.2, 0.25) is 0 Å². The monoisotopic (exact) mass is 275 g/mol. The van der Waals surface area contributed by atoms with Crippen LogP contribution < -0.4 is 0 Å². The van der Waals surface area contributed by atoms with Crippen LogP contribution in [0.3, 0.4) is 0 Å². The zero-order chi connectivity index (χ0) is 14.1. The lowest BCUT2D eigenvalue weighted by Gasteiger charge is -2.46. The number of rotatable bonds is 2. The average Bonchev–Trinajstić information content (AvgIpc) is 2.43. The number of likely N-dealkylation sites (tertiary alicyclic amines) is 2. The molecule has 2 saturated heterocycles. The second kappa shape index (κ2) is 5.70. The number of nitrogens with zero attached hydrogens (tertiary/aromatic N) is 3. The maximum atomic E-state index is 9.94. The molecule has 3 rings (SSSR count). The summed E-state index contributed by atoms with van der Waals surface area (Å²) in [6, 6.07) is 4.39. The summed E-state index contributed by atoms with van der Waals surface area (Å²) in [4.78, 5) is 9.48. The number of aromatic hydroxyl groups is 1. The van der Waals surface area contributed by atoms with Crippen molar-refractivity contribution >= 4 is 0 Å². The van der Waals surface area contributed by atoms with Gasteiger partial charge in [-0.3, -0.25) is 9.88 Å². The Morgan fingerprint density at radius 1 is 1.30 bits per heavy atom. The minimum absolute atomic E-state index is 0.332. The first kappa shape index (κ1) is 13.8. The third-order valence-corrected chi connectivity index (χ3v) is 4.89. The Morgan fingerprint density at radius 2 is 2.15 bits per heavy atom. The van der Waals surface area contributed by atoms with Gasteiger partial charge in [0, 0.05) is 31.4 Å². The Hall–Kier alpha value is -1.13. The van der Waals surface area contributed by atoms with E-state index in [1.807, 2.05) is 13.0 Å². The molecule has 2 unspecified atom stereocenters. The van der Waals surface area contributed by atoms with Crippen LogP contribution in [0.1, 0.15) is 30.7 Å². The van der Waals surface area contributed by atoms with E-state index in [-0.39, 0.29) is 0 Å². The summed E-state index contributed by atoms with van der Waals surface area (Å²) in [5.41, 5.74) is 1.80. The van der Waals surface area contributed by atoms with Gasteiger partial charge in [-0.15, -0.1) is 0 Å². The molecule has 1 aromatic rings. The Labute approximate surface area is 121 Å². The largest absolute Gasteiger partial charge is 0.506 e. The Balaban J connectivity index is 1.66. The Bertz CT molecular complexity index is 477. The van der Waals surface area contributed by atoms with E-state index < -0.39 is 0 Å². The zero-order valence-corrected chi connectivity index (χ0v) is 12.5. The topological polar surface area (TPSA) is 39.6 Å². The van der Waals surface area contributed by atoms with Crippen LogP contribution in [0.2, 0.25) is 0 Å². The Kier molecular flexibility index (Phi) is 3.94. The molecule has 2 aliphatic rings. The highest BCUT2D eigenvalue weighted by Gasteiger charge is 2.34. The first-order valence-corrected chi connectivity index (χ1v) is 7.71. The highest BCUT2D eigenvalue weighted by Crippen LogP contribution is 2.30. The van der Waals surface area contributed by atoms with Crippen LogP contribution >= 0.6 is 0 Å². The fourth-order valence-electron chi connectivity index (χ4n) is 3.80. The highest BCUT2D eigenvalue weighted by atomic mass is 16.3. The second-order valence-corrected chi connectivity index (χ2v) is 6.39. The SMILES string of the molecule is Cc1ccc(O)c(CN2CCC3C(CCCN3C)C2)n1. The molecule has 4 heteroatoms. The summed E-state index contributed by atoms with van der Waals surface area (Å²) in [6.07, 6.45) is 3.91. The maximum Gasteiger partial charge on any atom is 0.138 e. The van der Waals surface area contributed by atoms with Gasteiger partial charge in [-0.1, -0.05) is 0 Å². The van der Waals surface area contributed by atoms with Crippen LogP contribution in [-0.2, 0) is 6.54 Å². The summed E-state index contributed by atoms with van der Waals surface area (Å²) in [5, 5.41) is 9.94. The fourth-order valence-corrected chi connectivity index (χ4v) is 3.80. The lowest BCUT2D eigenvalue weighted by molar-refractivity contribution is 0.0347. The minimum Gasteiger partial charge on any atom is -0.506 e. The van der Waals surface area contributed by atoms with Crippen molar-refractivity contribution in [2.24, 2.45) is 5.92 Å². The number of aromatic nitrogens is 1. The van der Waals surface area contributed by atoms with Gasteiger partial charge in [0.05, 0.1) is 5.69 Å². The van der Waals surface area contributed by atoms with Gasteiger partial charge < -0.3 is 10.0 Å². The van der Waals surface area contributed by atoms with Crippen LogP contribution in [0.4, 0.5) is 0 Å². The van der Waals surface area contributed by atoms with E-state index in [1.54, 1.807) is 6.07 Å². The number of pyridine rings is 1. The van der Waals surface area contributed by atoms with Crippen molar-refractivity contribution in [2.75, 3.05) is 26.7 Å². The quantitative estimate of drug-likeness (QED) is 0.896. The lowest BCUT2D eigenvalue weighted by atomic mass is 9.84. The maximum absolute atomic E-state index is 9.94. The van der Waals surface area contributed by atoms with Crippen LogP contribution in [0.5, 0.6) is 5.75 Å². The van der Waals surface area contributed by atoms with Gasteiger partial charge in [-0.05, 0) is 57.8 Å². The van der Waals surface area contributed by atoms with Crippen molar-refractivity contribution in [1.29, 1.82) is 0 Å². The molecule has 0 aromatic carbocycles. The molecule has 110 valence electrons. The predicted molar refractivity (Wildman–Crippen MR) is 79.7 cm³/mol. The smallest absolute Gasteiger partial charge is 0.138 e. The lowest BCUT2D eigenvalue weighted by Crippen LogP contribution is -2.52. The van der Waals surface area contributed by atoms with Crippen molar-refractivity contribution in [3.63, 3.8) is 0 Å². The minimum atomic E-state index is 0.332. The van der Waals surface area contributed by atoms with Gasteiger partial charge in [-0.2, -0.15) is 0 Å². The molecule has 0 saturated carbocycles. The van der Waals surface area contributed by atoms with Crippen molar-refractivity contribution < 1.29 is 5.11 Å². The molecular weight excluding hydrogens is 250 g/mol. The van der Waals surface area contributed by atoms with Gasteiger partial charge in [0.25, 0.3) is 0 Å². The van der Waals surface area contributed by atoms with E-state index in [9.17, 15) is 5.11 Å². The third-order valence-electron chi connectivity index (χ3n) is 4.89. The van der Waals surface area contributed by atoms with Crippen molar-refractivity contribution in [1.82, 2.24) is 14.8 Å². The normalized spacial score (nSPS) is 28.3. The molecule has 0 amide bonds. The molecule has 2 fully saturated rings. The first-order valence-electron chi connectivity index (χ1n) is 7.71. The molecule has 3 heterocycles. The van der Waals surface area contributed by atoms with Gasteiger partial charge in [0.1, 0.15) is 5.75 Å². The molecule has 1 N–H and O–H groups in total. The van der Waals surface area contributed by atoms with E-state index in [1.165, 1.54) is 25.8 Å². The van der Waals surface area contributed by atoms with Crippen LogP contribution in [-0.4, -0.2) is 52.6 Å². The van der Waals surface area contributed by atoms with Gasteiger partial charge in [0.15, 0.2) is 0 Å². The summed E-state index contributed by atoms with van der Waals surface area (Å²) < 4.78 is 0. The molecule has 2 atom stereocenters. The molecule has 20 heavy (non-hydrogen) atoms. The van der Waals surface area contributed by atoms with Crippen molar-refractivity contribution in [2.45, 2.75) is 38.8 Å². The average molecular weight is 275 g/mol. The first-order chi connectivity index (χ1) is 9.63. The van der Waals surface area contributed by atoms with Gasteiger partial charge >= 0.3 is 0 Å². The number of piperidine rings is 2. The molecule has 2 aliphatic heterocycles. The number of fused-ring (bicyclic) bond motifs is 1. The predicted octanol–water partition coefficient (Wildman–Crippen LogP) is 2.01. The molecule has 0 spiro atoms. The number of hydrogen-bond acceptors (Lipinski definition) is 4. The van der Waals surface area contributed by atoms with Crippen LogP contribution in [0.25, 0.3) is 0 Å². The fraction of sp³-hybridized carbons (Fsp3) is 0.688. The van der Waals surface area contributed by atoms with Crippen molar-refractivity contribution in [3.8, 4) is 5.75 Å². The van der Waals surface area contributed by atoms with E-state index in [2.05, 4.69) is 21.8 Å². The summed E-state index contributed by atoms with van der Waals surface area (Å²) in [5.74, 6) is 1.12. The zero-order valence-electron chi connectivity index (χ0n) is 12.5. The molecule has 0 radical (unpaired) electrons. The number of aryl methyl sites for hydroxylation is 1. The highest BCUT2D eigenvalue weighted by molar-refractivity contribution is 5.27. The standard InChI is InChI=1S/C16H25N3O/c1-12-5-6-16(20)14(17-12)11-19-9-7-15-13(10-19)4-3-8-18(15)2/h5-6,13,15,20H,3-4,7-11H2,1-2H3.